The molecule has 19 heavy (non-hydrogen) atoms. The van der Waals surface area contributed by atoms with Gasteiger partial charge in [0.15, 0.2) is 0 Å². The van der Waals surface area contributed by atoms with E-state index in [4.69, 9.17) is 5.14 Å². The molecule has 4 N–H and O–H groups in total. The molecule has 0 bridgehead atoms. The van der Waals surface area contributed by atoms with Gasteiger partial charge in [-0.15, -0.1) is 0 Å². The van der Waals surface area contributed by atoms with Crippen LogP contribution in [0.3, 0.4) is 0 Å². The summed E-state index contributed by atoms with van der Waals surface area (Å²) in [6.07, 6.45) is 0. The molecule has 1 aliphatic heterocycles. The van der Waals surface area contributed by atoms with Crippen molar-refractivity contribution in [1.82, 2.24) is 5.32 Å². The molecule has 2 rings (SSSR count). The van der Waals surface area contributed by atoms with Crippen LogP contribution in [0.4, 0.5) is 5.69 Å². The molecule has 6 nitrogen and oxygen atoms in total. The summed E-state index contributed by atoms with van der Waals surface area (Å²) >= 11 is 1.73. The van der Waals surface area contributed by atoms with Crippen molar-refractivity contribution in [1.29, 1.82) is 0 Å². The molecule has 1 aromatic carbocycles. The summed E-state index contributed by atoms with van der Waals surface area (Å²) in [4.78, 5) is 11.9. The van der Waals surface area contributed by atoms with Crippen molar-refractivity contribution in [2.75, 3.05) is 23.4 Å². The Morgan fingerprint density at radius 3 is 2.58 bits per heavy atom. The van der Waals surface area contributed by atoms with Crippen LogP contribution in [0.1, 0.15) is 0 Å². The molecule has 1 aromatic rings. The van der Waals surface area contributed by atoms with E-state index in [-0.39, 0.29) is 16.8 Å². The number of nitrogens with one attached hydrogen (secondary N) is 2. The first-order chi connectivity index (χ1) is 8.97. The minimum Gasteiger partial charge on any atom is -0.325 e. The van der Waals surface area contributed by atoms with Crippen LogP contribution >= 0.6 is 11.8 Å². The topological polar surface area (TPSA) is 101 Å². The van der Waals surface area contributed by atoms with Crippen LogP contribution in [0.5, 0.6) is 0 Å². The number of carbonyl (C=O) groups is 1. The number of hydrogen-bond donors (Lipinski definition) is 3. The summed E-state index contributed by atoms with van der Waals surface area (Å²) in [7, 11) is -3.70. The van der Waals surface area contributed by atoms with Crippen LogP contribution in [0.15, 0.2) is 29.2 Å². The van der Waals surface area contributed by atoms with Gasteiger partial charge in [0.25, 0.3) is 0 Å². The summed E-state index contributed by atoms with van der Waals surface area (Å²) in [5, 5.41) is 10.9. The zero-order valence-corrected chi connectivity index (χ0v) is 11.8. The first-order valence-electron chi connectivity index (χ1n) is 5.72. The lowest BCUT2D eigenvalue weighted by Gasteiger charge is -2.22. The smallest absolute Gasteiger partial charge is 0.242 e. The molecule has 0 aromatic heterocycles. The van der Waals surface area contributed by atoms with Crippen LogP contribution in [0.25, 0.3) is 0 Å². The van der Waals surface area contributed by atoms with Gasteiger partial charge in [0.2, 0.25) is 15.9 Å². The largest absolute Gasteiger partial charge is 0.325 e. The number of amides is 1. The lowest BCUT2D eigenvalue weighted by Crippen LogP contribution is -2.46. The molecule has 1 atom stereocenters. The van der Waals surface area contributed by atoms with Gasteiger partial charge in [-0.1, -0.05) is 0 Å². The van der Waals surface area contributed by atoms with Gasteiger partial charge in [-0.05, 0) is 24.3 Å². The van der Waals surface area contributed by atoms with Crippen molar-refractivity contribution in [3.05, 3.63) is 24.3 Å². The number of hydrogen-bond acceptors (Lipinski definition) is 5. The number of rotatable bonds is 3. The molecule has 104 valence electrons. The fourth-order valence-electron chi connectivity index (χ4n) is 1.69. The predicted octanol–water partition coefficient (Wildman–Crippen LogP) is -0.0225. The van der Waals surface area contributed by atoms with Crippen molar-refractivity contribution >= 4 is 33.4 Å². The normalized spacial score (nSPS) is 19.9. The summed E-state index contributed by atoms with van der Waals surface area (Å²) in [6, 6.07) is 5.57. The highest BCUT2D eigenvalue weighted by Gasteiger charge is 2.20. The van der Waals surface area contributed by atoms with E-state index in [1.54, 1.807) is 11.8 Å². The number of primary sulfonamides is 1. The van der Waals surface area contributed by atoms with Crippen molar-refractivity contribution in [2.24, 2.45) is 5.14 Å². The third kappa shape index (κ3) is 3.93. The van der Waals surface area contributed by atoms with Crippen molar-refractivity contribution in [3.8, 4) is 0 Å². The van der Waals surface area contributed by atoms with E-state index >= 15 is 0 Å². The Morgan fingerprint density at radius 2 is 2.05 bits per heavy atom. The third-order valence-corrected chi connectivity index (χ3v) is 4.68. The minimum atomic E-state index is -3.70. The van der Waals surface area contributed by atoms with Crippen molar-refractivity contribution < 1.29 is 13.2 Å². The maximum atomic E-state index is 11.9. The van der Waals surface area contributed by atoms with Crippen LogP contribution < -0.4 is 15.8 Å². The maximum Gasteiger partial charge on any atom is 0.242 e. The molecule has 1 amide bonds. The second-order valence-electron chi connectivity index (χ2n) is 4.14. The van der Waals surface area contributed by atoms with E-state index in [1.807, 2.05) is 0 Å². The molecular weight excluding hydrogens is 286 g/mol. The summed E-state index contributed by atoms with van der Waals surface area (Å²) in [5.74, 6) is 1.63. The highest BCUT2D eigenvalue weighted by Crippen LogP contribution is 2.14. The van der Waals surface area contributed by atoms with Gasteiger partial charge in [-0.25, -0.2) is 13.6 Å². The highest BCUT2D eigenvalue weighted by atomic mass is 32.2. The Labute approximate surface area is 116 Å². The number of sulfonamides is 1. The average Bonchev–Trinajstić information content (AvgIpc) is 2.39. The molecule has 1 unspecified atom stereocenters. The third-order valence-electron chi connectivity index (χ3n) is 2.69. The molecule has 0 saturated carbocycles. The van der Waals surface area contributed by atoms with Gasteiger partial charge in [0, 0.05) is 23.7 Å². The molecule has 1 heterocycles. The Kier molecular flexibility index (Phi) is 4.46. The molecule has 0 aliphatic carbocycles. The fraction of sp³-hybridized carbons (Fsp3) is 0.364. The molecule has 8 heteroatoms. The SMILES string of the molecule is NS(=O)(=O)c1ccc(NC(=O)C2CSCCN2)cc1. The average molecular weight is 301 g/mol. The van der Waals surface area contributed by atoms with Crippen LogP contribution in [0.2, 0.25) is 0 Å². The van der Waals surface area contributed by atoms with Gasteiger partial charge in [0.1, 0.15) is 0 Å². The maximum absolute atomic E-state index is 11.9. The lowest BCUT2D eigenvalue weighted by atomic mass is 10.2. The Balaban J connectivity index is 2.01. The number of benzene rings is 1. The van der Waals surface area contributed by atoms with E-state index in [1.165, 1.54) is 24.3 Å². The Morgan fingerprint density at radius 1 is 1.37 bits per heavy atom. The van der Waals surface area contributed by atoms with Crippen LogP contribution in [0, 0.1) is 0 Å². The summed E-state index contributed by atoms with van der Waals surface area (Å²) in [6.45, 7) is 0.813. The van der Waals surface area contributed by atoms with E-state index in [2.05, 4.69) is 10.6 Å². The minimum absolute atomic E-state index is 0.0249. The monoisotopic (exact) mass is 301 g/mol. The second-order valence-corrected chi connectivity index (χ2v) is 6.85. The second kappa shape index (κ2) is 5.91. The fourth-order valence-corrected chi connectivity index (χ4v) is 3.14. The van der Waals surface area contributed by atoms with Crippen LogP contribution in [-0.4, -0.2) is 38.4 Å². The van der Waals surface area contributed by atoms with Crippen molar-refractivity contribution in [3.63, 3.8) is 0 Å². The van der Waals surface area contributed by atoms with E-state index in [9.17, 15) is 13.2 Å². The number of carbonyl (C=O) groups excluding carboxylic acids is 1. The predicted molar refractivity (Wildman–Crippen MR) is 75.6 cm³/mol. The van der Waals surface area contributed by atoms with Crippen LogP contribution in [-0.2, 0) is 14.8 Å². The van der Waals surface area contributed by atoms with Gasteiger partial charge in [-0.3, -0.25) is 4.79 Å². The number of nitrogens with two attached hydrogens (primary N) is 1. The Hall–Kier alpha value is -1.09. The molecular formula is C11H15N3O3S2. The highest BCUT2D eigenvalue weighted by molar-refractivity contribution is 7.99. The van der Waals surface area contributed by atoms with Gasteiger partial charge in [0.05, 0.1) is 10.9 Å². The first kappa shape index (κ1) is 14.3. The molecule has 1 aliphatic rings. The van der Waals surface area contributed by atoms with E-state index in [0.29, 0.717) is 5.69 Å². The molecule has 0 spiro atoms. The standard InChI is InChI=1S/C11H15N3O3S2/c12-19(16,17)9-3-1-8(2-4-9)14-11(15)10-7-18-6-5-13-10/h1-4,10,13H,5-7H2,(H,14,15)(H2,12,16,17). The van der Waals surface area contributed by atoms with E-state index < -0.39 is 10.0 Å². The summed E-state index contributed by atoms with van der Waals surface area (Å²) < 4.78 is 22.2. The quantitative estimate of drug-likeness (QED) is 0.728. The van der Waals surface area contributed by atoms with E-state index in [0.717, 1.165) is 18.1 Å². The zero-order valence-electron chi connectivity index (χ0n) is 10.1. The van der Waals surface area contributed by atoms with Gasteiger partial charge < -0.3 is 10.6 Å². The number of anilines is 1. The van der Waals surface area contributed by atoms with Gasteiger partial charge in [-0.2, -0.15) is 11.8 Å². The number of thioether (sulfide) groups is 1. The van der Waals surface area contributed by atoms with Crippen molar-refractivity contribution in [2.45, 2.75) is 10.9 Å². The molecule has 0 radical (unpaired) electrons. The summed E-state index contributed by atoms with van der Waals surface area (Å²) in [5.41, 5.74) is 0.551. The molecule has 1 fully saturated rings. The van der Waals surface area contributed by atoms with Gasteiger partial charge >= 0.3 is 0 Å². The lowest BCUT2D eigenvalue weighted by molar-refractivity contribution is -0.117. The molecule has 1 saturated heterocycles. The Bertz CT molecular complexity index is 551. The zero-order chi connectivity index (χ0) is 13.9. The first-order valence-corrected chi connectivity index (χ1v) is 8.42.